The zero-order valence-electron chi connectivity index (χ0n) is 12.1. The molecular weight excluding hydrogens is 248 g/mol. The maximum absolute atomic E-state index is 5.78. The standard InChI is InChI=1S/C16H22N4/c1-11(17)7-13-3-5-15(19-9-13)16-6-4-14(10-20-16)8-12(2)18/h3-6,9-12H,7-8,17-18H2,1-2H3. The average Bonchev–Trinajstić information content (AvgIpc) is 2.39. The lowest BCUT2D eigenvalue weighted by Gasteiger charge is -2.07. The summed E-state index contributed by atoms with van der Waals surface area (Å²) in [6.45, 7) is 3.99. The number of nitrogens with two attached hydrogens (primary N) is 2. The van der Waals surface area contributed by atoms with Gasteiger partial charge in [-0.3, -0.25) is 9.97 Å². The molecule has 2 unspecified atom stereocenters. The van der Waals surface area contributed by atoms with Crippen molar-refractivity contribution in [3.05, 3.63) is 47.8 Å². The van der Waals surface area contributed by atoms with Crippen LogP contribution in [0.5, 0.6) is 0 Å². The molecule has 20 heavy (non-hydrogen) atoms. The zero-order valence-corrected chi connectivity index (χ0v) is 12.1. The van der Waals surface area contributed by atoms with Crippen molar-refractivity contribution in [2.45, 2.75) is 38.8 Å². The molecule has 0 spiro atoms. The molecule has 0 saturated heterocycles. The van der Waals surface area contributed by atoms with E-state index < -0.39 is 0 Å². The van der Waals surface area contributed by atoms with Crippen LogP contribution in [-0.4, -0.2) is 22.1 Å². The first kappa shape index (κ1) is 14.6. The Labute approximate surface area is 120 Å². The van der Waals surface area contributed by atoms with E-state index in [0.717, 1.165) is 35.4 Å². The minimum atomic E-state index is 0.151. The SMILES string of the molecule is CC(N)Cc1ccc(-c2ccc(CC(C)N)cn2)nc1. The fourth-order valence-corrected chi connectivity index (χ4v) is 2.14. The van der Waals surface area contributed by atoms with Crippen LogP contribution in [0.3, 0.4) is 0 Å². The van der Waals surface area contributed by atoms with E-state index in [1.54, 1.807) is 0 Å². The predicted molar refractivity (Wildman–Crippen MR) is 82.2 cm³/mol. The van der Waals surface area contributed by atoms with Gasteiger partial charge in [0.2, 0.25) is 0 Å². The summed E-state index contributed by atoms with van der Waals surface area (Å²) in [5.74, 6) is 0. The van der Waals surface area contributed by atoms with Gasteiger partial charge >= 0.3 is 0 Å². The molecule has 4 heteroatoms. The first-order valence-corrected chi connectivity index (χ1v) is 6.96. The molecule has 2 atom stereocenters. The van der Waals surface area contributed by atoms with Crippen LogP contribution in [-0.2, 0) is 12.8 Å². The fourth-order valence-electron chi connectivity index (χ4n) is 2.14. The average molecular weight is 270 g/mol. The topological polar surface area (TPSA) is 77.8 Å². The maximum Gasteiger partial charge on any atom is 0.0886 e. The summed E-state index contributed by atoms with van der Waals surface area (Å²) in [5.41, 5.74) is 15.6. The second-order valence-corrected chi connectivity index (χ2v) is 5.47. The summed E-state index contributed by atoms with van der Waals surface area (Å²) in [7, 11) is 0. The molecule has 2 aromatic rings. The normalized spacial score (nSPS) is 14.0. The van der Waals surface area contributed by atoms with Gasteiger partial charge in [0.05, 0.1) is 11.4 Å². The monoisotopic (exact) mass is 270 g/mol. The number of aromatic nitrogens is 2. The van der Waals surface area contributed by atoms with Gasteiger partial charge in [0.1, 0.15) is 0 Å². The third-order valence-electron chi connectivity index (χ3n) is 3.03. The molecule has 2 rings (SSSR count). The van der Waals surface area contributed by atoms with Gasteiger partial charge in [0, 0.05) is 24.5 Å². The quantitative estimate of drug-likeness (QED) is 0.870. The fraction of sp³-hybridized carbons (Fsp3) is 0.375. The first-order valence-electron chi connectivity index (χ1n) is 6.96. The molecule has 4 N–H and O–H groups in total. The van der Waals surface area contributed by atoms with Crippen molar-refractivity contribution in [1.82, 2.24) is 9.97 Å². The molecule has 4 nitrogen and oxygen atoms in total. The van der Waals surface area contributed by atoms with Crippen molar-refractivity contribution < 1.29 is 0 Å². The highest BCUT2D eigenvalue weighted by molar-refractivity contribution is 5.54. The van der Waals surface area contributed by atoms with E-state index in [9.17, 15) is 0 Å². The van der Waals surface area contributed by atoms with E-state index in [0.29, 0.717) is 0 Å². The largest absolute Gasteiger partial charge is 0.328 e. The molecule has 0 aliphatic rings. The van der Waals surface area contributed by atoms with Gasteiger partial charge in [-0.1, -0.05) is 12.1 Å². The van der Waals surface area contributed by atoms with Crippen LogP contribution in [0.15, 0.2) is 36.7 Å². The number of hydrogen-bond acceptors (Lipinski definition) is 4. The Kier molecular flexibility index (Phi) is 4.82. The maximum atomic E-state index is 5.78. The second kappa shape index (κ2) is 6.59. The van der Waals surface area contributed by atoms with E-state index in [-0.39, 0.29) is 12.1 Å². The van der Waals surface area contributed by atoms with Crippen molar-refractivity contribution in [2.24, 2.45) is 11.5 Å². The highest BCUT2D eigenvalue weighted by atomic mass is 14.8. The number of rotatable bonds is 5. The Bertz CT molecular complexity index is 478. The van der Waals surface area contributed by atoms with Gasteiger partial charge in [-0.15, -0.1) is 0 Å². The minimum Gasteiger partial charge on any atom is -0.328 e. The smallest absolute Gasteiger partial charge is 0.0886 e. The molecule has 0 bridgehead atoms. The summed E-state index contributed by atoms with van der Waals surface area (Å²) in [6.07, 6.45) is 5.43. The van der Waals surface area contributed by atoms with E-state index in [2.05, 4.69) is 22.1 Å². The third-order valence-corrected chi connectivity index (χ3v) is 3.03. The van der Waals surface area contributed by atoms with E-state index in [1.165, 1.54) is 0 Å². The van der Waals surface area contributed by atoms with Crippen LogP contribution < -0.4 is 11.5 Å². The Balaban J connectivity index is 2.11. The molecule has 0 aliphatic carbocycles. The minimum absolute atomic E-state index is 0.151. The summed E-state index contributed by atoms with van der Waals surface area (Å²) >= 11 is 0. The van der Waals surface area contributed by atoms with Crippen molar-refractivity contribution in [3.63, 3.8) is 0 Å². The second-order valence-electron chi connectivity index (χ2n) is 5.47. The van der Waals surface area contributed by atoms with Crippen LogP contribution in [0.2, 0.25) is 0 Å². The number of nitrogens with zero attached hydrogens (tertiary/aromatic N) is 2. The first-order chi connectivity index (χ1) is 9.54. The Morgan fingerprint density at radius 2 is 1.20 bits per heavy atom. The lowest BCUT2D eigenvalue weighted by atomic mass is 10.1. The molecular formula is C16H22N4. The van der Waals surface area contributed by atoms with Gasteiger partial charge in [-0.05, 0) is 49.9 Å². The Hall–Kier alpha value is -1.78. The Morgan fingerprint density at radius 3 is 1.45 bits per heavy atom. The number of hydrogen-bond donors (Lipinski definition) is 2. The van der Waals surface area contributed by atoms with Gasteiger partial charge in [0.25, 0.3) is 0 Å². The highest BCUT2D eigenvalue weighted by Gasteiger charge is 2.04. The number of pyridine rings is 2. The summed E-state index contributed by atoms with van der Waals surface area (Å²) in [5, 5.41) is 0. The van der Waals surface area contributed by atoms with E-state index in [4.69, 9.17) is 11.5 Å². The lowest BCUT2D eigenvalue weighted by Crippen LogP contribution is -2.18. The van der Waals surface area contributed by atoms with Gasteiger partial charge < -0.3 is 11.5 Å². The molecule has 0 fully saturated rings. The molecule has 0 radical (unpaired) electrons. The molecule has 106 valence electrons. The molecule has 2 aromatic heterocycles. The summed E-state index contributed by atoms with van der Waals surface area (Å²) < 4.78 is 0. The summed E-state index contributed by atoms with van der Waals surface area (Å²) in [6, 6.07) is 8.40. The van der Waals surface area contributed by atoms with Crippen LogP contribution in [0.1, 0.15) is 25.0 Å². The van der Waals surface area contributed by atoms with Crippen LogP contribution >= 0.6 is 0 Å². The molecule has 2 heterocycles. The van der Waals surface area contributed by atoms with Crippen LogP contribution in [0.25, 0.3) is 11.4 Å². The zero-order chi connectivity index (χ0) is 14.5. The molecule has 0 aromatic carbocycles. The van der Waals surface area contributed by atoms with Crippen molar-refractivity contribution in [2.75, 3.05) is 0 Å². The highest BCUT2D eigenvalue weighted by Crippen LogP contribution is 2.15. The molecule has 0 aliphatic heterocycles. The van der Waals surface area contributed by atoms with E-state index >= 15 is 0 Å². The lowest BCUT2D eigenvalue weighted by molar-refractivity contribution is 0.735. The summed E-state index contributed by atoms with van der Waals surface area (Å²) in [4.78, 5) is 8.90. The van der Waals surface area contributed by atoms with Gasteiger partial charge in [-0.25, -0.2) is 0 Å². The van der Waals surface area contributed by atoms with Crippen LogP contribution in [0, 0.1) is 0 Å². The third kappa shape index (κ3) is 4.11. The van der Waals surface area contributed by atoms with Crippen molar-refractivity contribution in [3.8, 4) is 11.4 Å². The Morgan fingerprint density at radius 1 is 0.800 bits per heavy atom. The van der Waals surface area contributed by atoms with Crippen LogP contribution in [0.4, 0.5) is 0 Å². The van der Waals surface area contributed by atoms with E-state index in [1.807, 2.05) is 38.4 Å². The molecule has 0 amide bonds. The van der Waals surface area contributed by atoms with Gasteiger partial charge in [-0.2, -0.15) is 0 Å². The van der Waals surface area contributed by atoms with Crippen molar-refractivity contribution >= 4 is 0 Å². The van der Waals surface area contributed by atoms with Gasteiger partial charge in [0.15, 0.2) is 0 Å². The molecule has 0 saturated carbocycles. The predicted octanol–water partition coefficient (Wildman–Crippen LogP) is 1.92. The van der Waals surface area contributed by atoms with Crippen molar-refractivity contribution in [1.29, 1.82) is 0 Å².